The molecule has 2 N–H and O–H groups in total. The van der Waals surface area contributed by atoms with E-state index in [9.17, 15) is 23.7 Å². The lowest BCUT2D eigenvalue weighted by Gasteiger charge is -2.42. The summed E-state index contributed by atoms with van der Waals surface area (Å²) in [6.07, 6.45) is 7.04. The van der Waals surface area contributed by atoms with Crippen LogP contribution in [0.15, 0.2) is 79.1 Å². The molecular weight excluding hydrogens is 762 g/mol. The number of para-hydroxylation sites is 1. The lowest BCUT2D eigenvalue weighted by atomic mass is 9.92. The molecule has 3 aliphatic rings. The number of carbonyl (C=O) groups excluding carboxylic acids is 4. The van der Waals surface area contributed by atoms with Gasteiger partial charge in [-0.2, -0.15) is 0 Å². The van der Waals surface area contributed by atoms with Gasteiger partial charge in [0.15, 0.2) is 0 Å². The monoisotopic (exact) mass is 813 g/mol. The summed E-state index contributed by atoms with van der Waals surface area (Å²) < 4.78 is 27.2. The number of likely N-dealkylation sites (tertiary alicyclic amines) is 1. The zero-order valence-corrected chi connectivity index (χ0v) is 34.7. The quantitative estimate of drug-likeness (QED) is 0.100. The maximum Gasteiger partial charge on any atom is 0.323 e. The van der Waals surface area contributed by atoms with Gasteiger partial charge in [-0.05, 0) is 96.9 Å². The van der Waals surface area contributed by atoms with Crippen LogP contribution in [0.3, 0.4) is 0 Å². The highest BCUT2D eigenvalue weighted by Gasteiger charge is 2.47. The Morgan fingerprint density at radius 3 is 2.47 bits per heavy atom. The minimum absolute atomic E-state index is 0.00988. The predicted octanol–water partition coefficient (Wildman–Crippen LogP) is 7.15. The van der Waals surface area contributed by atoms with Crippen LogP contribution in [0.2, 0.25) is 0 Å². The number of rotatable bonds is 14. The first kappa shape index (κ1) is 40.6. The molecular formula is C43H52N5O7PS. The maximum atomic E-state index is 14.6. The Morgan fingerprint density at radius 2 is 1.75 bits per heavy atom. The number of benzene rings is 2. The van der Waals surface area contributed by atoms with Crippen LogP contribution in [-0.2, 0) is 29.8 Å². The number of nitrogens with one attached hydrogen (secondary N) is 2. The predicted molar refractivity (Wildman–Crippen MR) is 220 cm³/mol. The second-order valence-electron chi connectivity index (χ2n) is 16.3. The van der Waals surface area contributed by atoms with Crippen molar-refractivity contribution in [2.45, 2.75) is 96.0 Å². The molecule has 1 unspecified atom stereocenters. The van der Waals surface area contributed by atoms with Gasteiger partial charge in [0.25, 0.3) is 5.91 Å². The van der Waals surface area contributed by atoms with Crippen molar-refractivity contribution in [2.24, 2.45) is 11.8 Å². The zero-order chi connectivity index (χ0) is 40.3. The fourth-order valence-electron chi connectivity index (χ4n) is 7.99. The van der Waals surface area contributed by atoms with Crippen molar-refractivity contribution >= 4 is 52.6 Å². The molecule has 0 spiro atoms. The Hall–Kier alpha value is -4.58. The van der Waals surface area contributed by atoms with E-state index in [-0.39, 0.29) is 54.3 Å². The molecule has 3 aliphatic heterocycles. The largest absolute Gasteiger partial charge is 0.464 e. The molecule has 0 radical (unpaired) electrons. The standard InChI is InChI=1S/C43H52N5O7PS/c1-27(2)25-54-43(52)39(28(3)4)46-56(53,55-34-12-6-5-7-13-34)26-29-15-18-37-31(20-29)21-38(57-37)40(49)45-35-14-8-11-33-16-17-36(48(33)41(35)50)42(51)47-23-32(24-47)30-10-9-19-44-22-30/h5-7,9-10,12-13,15,18-22,27-28,32-33,35-36,39H,8,11,14,16-17,23-26H2,1-4H3,(H,45,49)(H,46,53)/t33-,35-,36-,39-,56?/m0/s1. The van der Waals surface area contributed by atoms with Crippen molar-refractivity contribution in [3.8, 4) is 5.75 Å². The molecule has 2 aromatic carbocycles. The van der Waals surface area contributed by atoms with E-state index < -0.39 is 31.6 Å². The molecule has 0 bridgehead atoms. The summed E-state index contributed by atoms with van der Waals surface area (Å²) in [6, 6.07) is 18.1. The van der Waals surface area contributed by atoms with Gasteiger partial charge in [0.1, 0.15) is 23.9 Å². The molecule has 0 aliphatic carbocycles. The summed E-state index contributed by atoms with van der Waals surface area (Å²) in [5, 5.41) is 6.85. The lowest BCUT2D eigenvalue weighted by molar-refractivity contribution is -0.148. The fraction of sp³-hybridized carbons (Fsp3) is 0.465. The molecule has 5 heterocycles. The van der Waals surface area contributed by atoms with Crippen LogP contribution in [-0.4, -0.2) is 82.3 Å². The van der Waals surface area contributed by atoms with E-state index in [1.54, 1.807) is 41.4 Å². The van der Waals surface area contributed by atoms with Gasteiger partial charge in [-0.15, -0.1) is 11.3 Å². The number of esters is 1. The number of hydrogen-bond acceptors (Lipinski definition) is 9. The minimum atomic E-state index is -3.74. The summed E-state index contributed by atoms with van der Waals surface area (Å²) in [7, 11) is -3.74. The molecule has 7 rings (SSSR count). The van der Waals surface area contributed by atoms with Crippen LogP contribution in [0, 0.1) is 11.8 Å². The SMILES string of the molecule is CC(C)COC(=O)[C@@H](NP(=O)(Cc1ccc2sc(C(=O)N[C@H]3CCC[C@H]4CC[C@@H](C(=O)N5CC(c6cccnc6)C5)N4C3=O)cc2c1)Oc1ccccc1)C(C)C. The van der Waals surface area contributed by atoms with Crippen molar-refractivity contribution in [2.75, 3.05) is 19.7 Å². The molecule has 0 saturated carbocycles. The van der Waals surface area contributed by atoms with E-state index in [4.69, 9.17) is 9.26 Å². The molecule has 302 valence electrons. The number of carbonyl (C=O) groups is 4. The van der Waals surface area contributed by atoms with Crippen LogP contribution in [0.4, 0.5) is 0 Å². The number of ether oxygens (including phenoxy) is 1. The topological polar surface area (TPSA) is 147 Å². The summed E-state index contributed by atoms with van der Waals surface area (Å²) in [4.78, 5) is 63.0. The second kappa shape index (κ2) is 17.5. The average Bonchev–Trinajstić information content (AvgIpc) is 3.76. The van der Waals surface area contributed by atoms with E-state index >= 15 is 0 Å². The smallest absolute Gasteiger partial charge is 0.323 e. The van der Waals surface area contributed by atoms with Crippen LogP contribution in [0.5, 0.6) is 5.75 Å². The molecule has 14 heteroatoms. The zero-order valence-electron chi connectivity index (χ0n) is 33.0. The highest BCUT2D eigenvalue weighted by Crippen LogP contribution is 2.48. The second-order valence-corrected chi connectivity index (χ2v) is 19.5. The van der Waals surface area contributed by atoms with Gasteiger partial charge in [0, 0.05) is 42.1 Å². The summed E-state index contributed by atoms with van der Waals surface area (Å²) in [5.74, 6) is -0.474. The van der Waals surface area contributed by atoms with Gasteiger partial charge in [-0.3, -0.25) is 28.7 Å². The Kier molecular flexibility index (Phi) is 12.5. The van der Waals surface area contributed by atoms with Crippen molar-refractivity contribution in [1.82, 2.24) is 25.2 Å². The number of aromatic nitrogens is 1. The van der Waals surface area contributed by atoms with Crippen molar-refractivity contribution < 1.29 is 33.0 Å². The third-order valence-electron chi connectivity index (χ3n) is 11.0. The Labute approximate surface area is 338 Å². The summed E-state index contributed by atoms with van der Waals surface area (Å²) >= 11 is 1.31. The Balaban J connectivity index is 1.03. The van der Waals surface area contributed by atoms with Gasteiger partial charge < -0.3 is 24.4 Å². The van der Waals surface area contributed by atoms with Gasteiger partial charge in [0.05, 0.1) is 17.6 Å². The van der Waals surface area contributed by atoms with Crippen LogP contribution >= 0.6 is 18.9 Å². The van der Waals surface area contributed by atoms with Crippen LogP contribution < -0.4 is 14.9 Å². The Bertz CT molecular complexity index is 2120. The van der Waals surface area contributed by atoms with Crippen LogP contribution in [0.25, 0.3) is 10.1 Å². The normalized spacial score (nSPS) is 21.4. The molecule has 3 fully saturated rings. The Morgan fingerprint density at radius 1 is 0.965 bits per heavy atom. The molecule has 3 amide bonds. The molecule has 3 saturated heterocycles. The first-order chi connectivity index (χ1) is 27.4. The highest BCUT2D eigenvalue weighted by molar-refractivity contribution is 7.56. The first-order valence-corrected chi connectivity index (χ1v) is 22.6. The number of pyridine rings is 1. The lowest BCUT2D eigenvalue weighted by Crippen LogP contribution is -2.58. The first-order valence-electron chi connectivity index (χ1n) is 20.0. The maximum absolute atomic E-state index is 14.6. The van der Waals surface area contributed by atoms with Gasteiger partial charge >= 0.3 is 13.5 Å². The van der Waals surface area contributed by atoms with Crippen LogP contribution in [0.1, 0.15) is 86.5 Å². The van der Waals surface area contributed by atoms with E-state index in [1.165, 1.54) is 11.3 Å². The molecule has 5 atom stereocenters. The van der Waals surface area contributed by atoms with Crippen molar-refractivity contribution in [3.63, 3.8) is 0 Å². The number of nitrogens with zero attached hydrogens (tertiary/aromatic N) is 3. The summed E-state index contributed by atoms with van der Waals surface area (Å²) in [5.41, 5.74) is 1.81. The minimum Gasteiger partial charge on any atom is -0.464 e. The molecule has 57 heavy (non-hydrogen) atoms. The number of thiophene rings is 1. The number of fused-ring (bicyclic) bond motifs is 2. The van der Waals surface area contributed by atoms with Gasteiger partial charge in [-0.25, -0.2) is 5.09 Å². The molecule has 4 aromatic rings. The van der Waals surface area contributed by atoms with E-state index in [1.807, 2.05) is 75.2 Å². The third kappa shape index (κ3) is 9.43. The van der Waals surface area contributed by atoms with E-state index in [2.05, 4.69) is 15.4 Å². The number of amides is 3. The fourth-order valence-corrected chi connectivity index (χ4v) is 11.1. The van der Waals surface area contributed by atoms with Gasteiger partial charge in [0.2, 0.25) is 11.8 Å². The molecule has 12 nitrogen and oxygen atoms in total. The highest BCUT2D eigenvalue weighted by atomic mass is 32.1. The molecule has 2 aromatic heterocycles. The van der Waals surface area contributed by atoms with Crippen molar-refractivity contribution in [1.29, 1.82) is 0 Å². The van der Waals surface area contributed by atoms with Crippen molar-refractivity contribution in [3.05, 3.63) is 95.1 Å². The van der Waals surface area contributed by atoms with Gasteiger partial charge in [-0.1, -0.05) is 58.0 Å². The van der Waals surface area contributed by atoms with E-state index in [0.717, 1.165) is 34.9 Å². The summed E-state index contributed by atoms with van der Waals surface area (Å²) in [6.45, 7) is 9.11. The van der Waals surface area contributed by atoms with E-state index in [0.29, 0.717) is 42.1 Å². The third-order valence-corrected chi connectivity index (χ3v) is 14.1. The number of hydrogen-bond donors (Lipinski definition) is 2. The average molecular weight is 814 g/mol.